The van der Waals surface area contributed by atoms with Gasteiger partial charge in [0.1, 0.15) is 5.82 Å². The molecule has 3 aromatic rings. The zero-order valence-corrected chi connectivity index (χ0v) is 13.5. The van der Waals surface area contributed by atoms with Crippen molar-refractivity contribution < 1.29 is 9.72 Å². The first kappa shape index (κ1) is 16.4. The van der Waals surface area contributed by atoms with Gasteiger partial charge in [-0.3, -0.25) is 14.9 Å². The molecule has 0 aliphatic rings. The Morgan fingerprint density at radius 1 is 1.24 bits per heavy atom. The Kier molecular flexibility index (Phi) is 4.56. The van der Waals surface area contributed by atoms with Crippen LogP contribution in [0.1, 0.15) is 24.4 Å². The molecule has 0 radical (unpaired) electrons. The SMILES string of the molecule is CC(NC(=O)/C=C/c1ccccc1[N+](=O)[O-])c1nc2ccccc2[nH]1. The number of nitrogens with zero attached hydrogens (tertiary/aromatic N) is 2. The topological polar surface area (TPSA) is 101 Å². The van der Waals surface area contributed by atoms with Crippen molar-refractivity contribution in [3.8, 4) is 0 Å². The van der Waals surface area contributed by atoms with E-state index in [-0.39, 0.29) is 17.6 Å². The monoisotopic (exact) mass is 336 g/mol. The van der Waals surface area contributed by atoms with Crippen molar-refractivity contribution in [2.45, 2.75) is 13.0 Å². The molecule has 25 heavy (non-hydrogen) atoms. The highest BCUT2D eigenvalue weighted by Gasteiger charge is 2.13. The molecule has 1 amide bonds. The fraction of sp³-hybridized carbons (Fsp3) is 0.111. The lowest BCUT2D eigenvalue weighted by atomic mass is 10.1. The van der Waals surface area contributed by atoms with Gasteiger partial charge in [0.25, 0.3) is 5.69 Å². The van der Waals surface area contributed by atoms with Crippen molar-refractivity contribution in [1.82, 2.24) is 15.3 Å². The lowest BCUT2D eigenvalue weighted by Gasteiger charge is -2.09. The number of carbonyl (C=O) groups excluding carboxylic acids is 1. The third-order valence-corrected chi connectivity index (χ3v) is 3.72. The molecule has 1 heterocycles. The summed E-state index contributed by atoms with van der Waals surface area (Å²) >= 11 is 0. The number of hydrogen-bond donors (Lipinski definition) is 2. The number of benzene rings is 2. The van der Waals surface area contributed by atoms with Crippen LogP contribution in [0.2, 0.25) is 0 Å². The number of imidazole rings is 1. The van der Waals surface area contributed by atoms with Gasteiger partial charge in [0.15, 0.2) is 0 Å². The van der Waals surface area contributed by atoms with Crippen LogP contribution in [0.5, 0.6) is 0 Å². The molecule has 7 heteroatoms. The lowest BCUT2D eigenvalue weighted by Crippen LogP contribution is -2.25. The molecule has 0 spiro atoms. The maximum Gasteiger partial charge on any atom is 0.276 e. The molecule has 0 aliphatic carbocycles. The molecule has 1 aromatic heterocycles. The van der Waals surface area contributed by atoms with Gasteiger partial charge in [-0.25, -0.2) is 4.98 Å². The normalized spacial score (nSPS) is 12.4. The molecule has 1 unspecified atom stereocenters. The van der Waals surface area contributed by atoms with E-state index in [1.54, 1.807) is 18.2 Å². The van der Waals surface area contributed by atoms with Gasteiger partial charge in [-0.05, 0) is 31.2 Å². The lowest BCUT2D eigenvalue weighted by molar-refractivity contribution is -0.385. The van der Waals surface area contributed by atoms with Crippen LogP contribution in [-0.2, 0) is 4.79 Å². The second-order valence-corrected chi connectivity index (χ2v) is 5.52. The fourth-order valence-corrected chi connectivity index (χ4v) is 2.47. The number of carbonyl (C=O) groups is 1. The first-order chi connectivity index (χ1) is 12.0. The third-order valence-electron chi connectivity index (χ3n) is 3.72. The van der Waals surface area contributed by atoms with Gasteiger partial charge in [0, 0.05) is 12.1 Å². The van der Waals surface area contributed by atoms with Crippen LogP contribution in [0.4, 0.5) is 5.69 Å². The summed E-state index contributed by atoms with van der Waals surface area (Å²) in [5, 5.41) is 13.8. The molecule has 126 valence electrons. The molecule has 0 saturated heterocycles. The predicted molar refractivity (Wildman–Crippen MR) is 94.8 cm³/mol. The summed E-state index contributed by atoms with van der Waals surface area (Å²) in [7, 11) is 0. The van der Waals surface area contributed by atoms with Gasteiger partial charge in [-0.15, -0.1) is 0 Å². The van der Waals surface area contributed by atoms with Crippen molar-refractivity contribution in [2.24, 2.45) is 0 Å². The number of nitrogens with one attached hydrogen (secondary N) is 2. The van der Waals surface area contributed by atoms with Gasteiger partial charge < -0.3 is 10.3 Å². The molecule has 0 aliphatic heterocycles. The molecular formula is C18H16N4O3. The van der Waals surface area contributed by atoms with Gasteiger partial charge in [0.2, 0.25) is 5.91 Å². The van der Waals surface area contributed by atoms with Crippen molar-refractivity contribution >= 4 is 28.7 Å². The fourth-order valence-electron chi connectivity index (χ4n) is 2.47. The Balaban J connectivity index is 1.71. The van der Waals surface area contributed by atoms with E-state index >= 15 is 0 Å². The molecule has 2 N–H and O–H groups in total. The summed E-state index contributed by atoms with van der Waals surface area (Å²) < 4.78 is 0. The summed E-state index contributed by atoms with van der Waals surface area (Å²) in [5.74, 6) is 0.291. The molecule has 3 rings (SSSR count). The van der Waals surface area contributed by atoms with E-state index in [4.69, 9.17) is 0 Å². The number of para-hydroxylation sites is 3. The minimum absolute atomic E-state index is 0.0446. The van der Waals surface area contributed by atoms with E-state index in [0.717, 1.165) is 11.0 Å². The Bertz CT molecular complexity index is 929. The number of H-pyrrole nitrogens is 1. The Morgan fingerprint density at radius 3 is 2.72 bits per heavy atom. The number of nitro groups is 1. The van der Waals surface area contributed by atoms with E-state index in [2.05, 4.69) is 15.3 Å². The van der Waals surface area contributed by atoms with Crippen LogP contribution < -0.4 is 5.32 Å². The number of aromatic amines is 1. The number of hydrogen-bond acceptors (Lipinski definition) is 4. The zero-order chi connectivity index (χ0) is 17.8. The highest BCUT2D eigenvalue weighted by atomic mass is 16.6. The van der Waals surface area contributed by atoms with Gasteiger partial charge in [-0.2, -0.15) is 0 Å². The predicted octanol–water partition coefficient (Wildman–Crippen LogP) is 3.36. The van der Waals surface area contributed by atoms with Crippen LogP contribution in [0.15, 0.2) is 54.6 Å². The zero-order valence-electron chi connectivity index (χ0n) is 13.5. The largest absolute Gasteiger partial charge is 0.343 e. The van der Waals surface area contributed by atoms with Crippen molar-refractivity contribution in [3.63, 3.8) is 0 Å². The second-order valence-electron chi connectivity index (χ2n) is 5.52. The summed E-state index contributed by atoms with van der Waals surface area (Å²) in [6.45, 7) is 1.81. The number of nitro benzene ring substituents is 1. The summed E-state index contributed by atoms with van der Waals surface area (Å²) in [6, 6.07) is 13.5. The number of aromatic nitrogens is 2. The van der Waals surface area contributed by atoms with E-state index in [1.165, 1.54) is 18.2 Å². The molecular weight excluding hydrogens is 320 g/mol. The summed E-state index contributed by atoms with van der Waals surface area (Å²) in [4.78, 5) is 30.2. The Morgan fingerprint density at radius 2 is 1.96 bits per heavy atom. The summed E-state index contributed by atoms with van der Waals surface area (Å²) in [5.41, 5.74) is 2.05. The van der Waals surface area contributed by atoms with E-state index in [0.29, 0.717) is 11.4 Å². The van der Waals surface area contributed by atoms with Crippen LogP contribution in [0, 0.1) is 10.1 Å². The van der Waals surface area contributed by atoms with Gasteiger partial charge in [-0.1, -0.05) is 24.3 Å². The van der Waals surface area contributed by atoms with E-state index in [1.807, 2.05) is 31.2 Å². The molecule has 7 nitrogen and oxygen atoms in total. The maximum atomic E-state index is 12.1. The first-order valence-corrected chi connectivity index (χ1v) is 7.71. The second kappa shape index (κ2) is 6.96. The number of fused-ring (bicyclic) bond motifs is 1. The average Bonchev–Trinajstić information content (AvgIpc) is 3.04. The van der Waals surface area contributed by atoms with Crippen molar-refractivity contribution in [3.05, 3.63) is 76.1 Å². The quantitative estimate of drug-likeness (QED) is 0.424. The molecule has 2 aromatic carbocycles. The standard InChI is InChI=1S/C18H16N4O3/c1-12(18-20-14-7-3-4-8-15(14)21-18)19-17(23)11-10-13-6-2-5-9-16(13)22(24)25/h2-12H,1H3,(H,19,23)(H,20,21)/b11-10+. The van der Waals surface area contributed by atoms with E-state index in [9.17, 15) is 14.9 Å². The first-order valence-electron chi connectivity index (χ1n) is 7.71. The molecule has 0 bridgehead atoms. The Labute approximate surface area is 143 Å². The van der Waals surface area contributed by atoms with Crippen molar-refractivity contribution in [1.29, 1.82) is 0 Å². The van der Waals surface area contributed by atoms with Crippen LogP contribution in [-0.4, -0.2) is 20.8 Å². The minimum atomic E-state index is -0.478. The van der Waals surface area contributed by atoms with Crippen LogP contribution in [0.25, 0.3) is 17.1 Å². The minimum Gasteiger partial charge on any atom is -0.343 e. The maximum absolute atomic E-state index is 12.1. The Hall–Kier alpha value is -3.48. The highest BCUT2D eigenvalue weighted by molar-refractivity contribution is 5.92. The molecule has 0 fully saturated rings. The van der Waals surface area contributed by atoms with Gasteiger partial charge in [0.05, 0.1) is 27.6 Å². The number of amides is 1. The van der Waals surface area contributed by atoms with Gasteiger partial charge >= 0.3 is 0 Å². The van der Waals surface area contributed by atoms with Crippen LogP contribution in [0.3, 0.4) is 0 Å². The average molecular weight is 336 g/mol. The van der Waals surface area contributed by atoms with Crippen molar-refractivity contribution in [2.75, 3.05) is 0 Å². The third kappa shape index (κ3) is 3.72. The number of rotatable bonds is 5. The van der Waals surface area contributed by atoms with Crippen LogP contribution >= 0.6 is 0 Å². The van der Waals surface area contributed by atoms with E-state index < -0.39 is 4.92 Å². The molecule has 1 atom stereocenters. The molecule has 0 saturated carbocycles. The highest BCUT2D eigenvalue weighted by Crippen LogP contribution is 2.19. The smallest absolute Gasteiger partial charge is 0.276 e. The summed E-state index contributed by atoms with van der Waals surface area (Å²) in [6.07, 6.45) is 2.71.